The van der Waals surface area contributed by atoms with E-state index in [9.17, 15) is 5.11 Å². The second kappa shape index (κ2) is 8.27. The summed E-state index contributed by atoms with van der Waals surface area (Å²) < 4.78 is 0. The summed E-state index contributed by atoms with van der Waals surface area (Å²) in [5.41, 5.74) is -0.750. The van der Waals surface area contributed by atoms with Gasteiger partial charge in [-0.2, -0.15) is 0 Å². The molecule has 0 N–H and O–H groups in total. The second-order valence-electron chi connectivity index (χ2n) is 2.11. The maximum Gasteiger partial charge on any atom is 1.00 e. The maximum absolute atomic E-state index is 10.1. The molecule has 0 atom stereocenters. The summed E-state index contributed by atoms with van der Waals surface area (Å²) in [6, 6.07) is 0. The van der Waals surface area contributed by atoms with Crippen LogP contribution in [0.3, 0.4) is 0 Å². The minimum atomic E-state index is -0.750. The number of rotatable bonds is 0. The zero-order valence-electron chi connectivity index (χ0n) is 6.02. The number of carbonyl (C=O) groups excluding carboxylic acids is 1. The van der Waals surface area contributed by atoms with Crippen molar-refractivity contribution in [3.8, 4) is 0 Å². The molecular weight excluding hydrogens is 131 g/mol. The van der Waals surface area contributed by atoms with Gasteiger partial charge in [0.2, 0.25) is 0 Å². The van der Waals surface area contributed by atoms with Crippen LogP contribution in [0.4, 0.5) is 0 Å². The van der Waals surface area contributed by atoms with Crippen molar-refractivity contribution >= 4 is 6.79 Å². The average molecular weight is 142 g/mol. The van der Waals surface area contributed by atoms with Gasteiger partial charge < -0.3 is 9.90 Å². The normalized spacial score (nSPS) is 8.00. The van der Waals surface area contributed by atoms with Crippen molar-refractivity contribution in [1.82, 2.24) is 0 Å². The average Bonchev–Trinajstić information content (AvgIpc) is 1.36. The molecule has 0 heterocycles. The van der Waals surface area contributed by atoms with Crippen LogP contribution in [-0.2, 0) is 4.79 Å². The molecule has 0 aromatic heterocycles. The van der Waals surface area contributed by atoms with Crippen LogP contribution in [0.25, 0.3) is 0 Å². The summed E-state index contributed by atoms with van der Waals surface area (Å²) in [4.78, 5) is 8.00. The molecule has 0 aliphatic rings. The molecule has 3 heteroatoms. The zero-order valence-corrected chi connectivity index (χ0v) is 9.15. The summed E-state index contributed by atoms with van der Waals surface area (Å²) in [6.45, 7) is 6.90. The fraction of sp³-hybridized carbons (Fsp3) is 0.800. The molecule has 0 saturated carbocycles. The van der Waals surface area contributed by atoms with Crippen molar-refractivity contribution in [2.45, 2.75) is 26.4 Å². The first-order valence-electron chi connectivity index (χ1n) is 1.99. The molecule has 44 valence electrons. The van der Waals surface area contributed by atoms with E-state index in [1.807, 2.05) is 6.79 Å². The molecular formula is C5H11KO2. The predicted octanol–water partition coefficient (Wildman–Crippen LogP) is -3.04. The van der Waals surface area contributed by atoms with Gasteiger partial charge in [0.25, 0.3) is 0 Å². The Labute approximate surface area is 93.1 Å². The number of hydrogen-bond acceptors (Lipinski definition) is 2. The second-order valence-corrected chi connectivity index (χ2v) is 2.11. The Morgan fingerprint density at radius 1 is 1.25 bits per heavy atom. The van der Waals surface area contributed by atoms with Gasteiger partial charge in [0, 0.05) is 0 Å². The number of carbonyl (C=O) groups is 1. The minimum absolute atomic E-state index is 0. The standard InChI is InChI=1S/C4H9O.CH2O.K/c1-4(2,3)5;1-2;/h1-3H3;1H2;/q-1;;+1. The smallest absolute Gasteiger partial charge is 0.850 e. The Morgan fingerprint density at radius 3 is 1.25 bits per heavy atom. The van der Waals surface area contributed by atoms with Crippen LogP contribution in [0, 0.1) is 0 Å². The van der Waals surface area contributed by atoms with E-state index < -0.39 is 5.60 Å². The Balaban J connectivity index is -0.0000000750. The van der Waals surface area contributed by atoms with Crippen LogP contribution < -0.4 is 56.5 Å². The van der Waals surface area contributed by atoms with Gasteiger partial charge >= 0.3 is 51.4 Å². The third-order valence-electron chi connectivity index (χ3n) is 0. The van der Waals surface area contributed by atoms with Crippen LogP contribution in [0.5, 0.6) is 0 Å². The van der Waals surface area contributed by atoms with Crippen molar-refractivity contribution in [2.24, 2.45) is 0 Å². The molecule has 0 aliphatic heterocycles. The summed E-state index contributed by atoms with van der Waals surface area (Å²) in [5.74, 6) is 0. The Morgan fingerprint density at radius 2 is 1.25 bits per heavy atom. The van der Waals surface area contributed by atoms with Gasteiger partial charge in [-0.25, -0.2) is 0 Å². The third kappa shape index (κ3) is 178. The van der Waals surface area contributed by atoms with E-state index in [0.717, 1.165) is 0 Å². The number of hydrogen-bond donors (Lipinski definition) is 0. The van der Waals surface area contributed by atoms with Crippen LogP contribution in [0.1, 0.15) is 20.8 Å². The van der Waals surface area contributed by atoms with Crippen LogP contribution in [-0.4, -0.2) is 12.4 Å². The van der Waals surface area contributed by atoms with Crippen molar-refractivity contribution in [3.63, 3.8) is 0 Å². The van der Waals surface area contributed by atoms with Crippen molar-refractivity contribution < 1.29 is 61.3 Å². The van der Waals surface area contributed by atoms with Gasteiger partial charge in [0.1, 0.15) is 6.79 Å². The first-order valence-corrected chi connectivity index (χ1v) is 1.99. The van der Waals surface area contributed by atoms with Crippen molar-refractivity contribution in [1.29, 1.82) is 0 Å². The van der Waals surface area contributed by atoms with Gasteiger partial charge in [-0.1, -0.05) is 20.8 Å². The van der Waals surface area contributed by atoms with Gasteiger partial charge in [0.05, 0.1) is 0 Å². The summed E-state index contributed by atoms with van der Waals surface area (Å²) in [6.07, 6.45) is 0. The molecule has 8 heavy (non-hydrogen) atoms. The minimum Gasteiger partial charge on any atom is -0.850 e. The monoisotopic (exact) mass is 142 g/mol. The molecule has 0 spiro atoms. The van der Waals surface area contributed by atoms with Crippen LogP contribution >= 0.6 is 0 Å². The van der Waals surface area contributed by atoms with E-state index in [4.69, 9.17) is 4.79 Å². The van der Waals surface area contributed by atoms with Crippen LogP contribution in [0.15, 0.2) is 0 Å². The Bertz CT molecular complexity index is 34.2. The van der Waals surface area contributed by atoms with Gasteiger partial charge in [-0.15, -0.1) is 5.60 Å². The molecule has 0 unspecified atom stereocenters. The van der Waals surface area contributed by atoms with E-state index in [-0.39, 0.29) is 51.4 Å². The van der Waals surface area contributed by atoms with E-state index in [1.165, 1.54) is 0 Å². The van der Waals surface area contributed by atoms with E-state index in [0.29, 0.717) is 0 Å². The quantitative estimate of drug-likeness (QED) is 0.337. The molecule has 0 radical (unpaired) electrons. The molecule has 0 rings (SSSR count). The predicted molar refractivity (Wildman–Crippen MR) is 26.9 cm³/mol. The fourth-order valence-corrected chi connectivity index (χ4v) is 0. The summed E-state index contributed by atoms with van der Waals surface area (Å²) in [7, 11) is 0. The van der Waals surface area contributed by atoms with E-state index in [1.54, 1.807) is 20.8 Å². The Kier molecular flexibility index (Phi) is 16.7. The molecule has 0 aliphatic carbocycles. The molecule has 2 nitrogen and oxygen atoms in total. The third-order valence-corrected chi connectivity index (χ3v) is 0. The molecule has 0 aromatic rings. The first-order chi connectivity index (χ1) is 3.00. The van der Waals surface area contributed by atoms with Crippen molar-refractivity contribution in [2.75, 3.05) is 0 Å². The van der Waals surface area contributed by atoms with Crippen molar-refractivity contribution in [3.05, 3.63) is 0 Å². The molecule has 0 bridgehead atoms. The fourth-order valence-electron chi connectivity index (χ4n) is 0. The first kappa shape index (κ1) is 16.1. The molecule has 0 saturated heterocycles. The maximum atomic E-state index is 10.1. The summed E-state index contributed by atoms with van der Waals surface area (Å²) in [5, 5.41) is 10.1. The molecule has 0 amide bonds. The molecule has 0 aromatic carbocycles. The Hall–Kier alpha value is 1.27. The largest absolute Gasteiger partial charge is 1.00 e. The van der Waals surface area contributed by atoms with Gasteiger partial charge in [-0.05, 0) is 0 Å². The van der Waals surface area contributed by atoms with Gasteiger partial charge in [-0.3, -0.25) is 0 Å². The van der Waals surface area contributed by atoms with Gasteiger partial charge in [0.15, 0.2) is 0 Å². The topological polar surface area (TPSA) is 40.1 Å². The summed E-state index contributed by atoms with van der Waals surface area (Å²) >= 11 is 0. The van der Waals surface area contributed by atoms with E-state index >= 15 is 0 Å². The zero-order chi connectivity index (χ0) is 6.50. The van der Waals surface area contributed by atoms with Crippen LogP contribution in [0.2, 0.25) is 0 Å². The molecule has 0 fully saturated rings. The SMILES string of the molecule is C=O.CC(C)(C)[O-].[K+]. The van der Waals surface area contributed by atoms with E-state index in [2.05, 4.69) is 0 Å².